The number of ether oxygens (including phenoxy) is 2. The lowest BCUT2D eigenvalue weighted by molar-refractivity contribution is -0.145. The highest BCUT2D eigenvalue weighted by Crippen LogP contribution is 2.54. The molecular weight excluding hydrogens is 495 g/mol. The number of aromatic amines is 1. The van der Waals surface area contributed by atoms with Crippen LogP contribution in [0.5, 0.6) is 5.75 Å². The standard InChI is InChI=1S/C24H19FN2O6S2/c1-2-32-16(28)11-33-15-6-4-3-5-14(15)17-18-20(34-21-19(17)35-24(31)26-21)23(30)27(22(18)29)13-9-7-12(25)8-10-13/h3-10,17-18,20H,2,11H2,1H3,(H,26,31)/t17-,18-,20+/m0/s1. The van der Waals surface area contributed by atoms with E-state index in [1.165, 1.54) is 24.3 Å². The van der Waals surface area contributed by atoms with Crippen LogP contribution in [0, 0.1) is 11.7 Å². The Morgan fingerprint density at radius 3 is 2.57 bits per heavy atom. The van der Waals surface area contributed by atoms with Gasteiger partial charge in [-0.1, -0.05) is 41.3 Å². The molecule has 35 heavy (non-hydrogen) atoms. The summed E-state index contributed by atoms with van der Waals surface area (Å²) >= 11 is 2.12. The number of nitrogens with one attached hydrogen (secondary N) is 1. The second-order valence-electron chi connectivity index (χ2n) is 7.87. The van der Waals surface area contributed by atoms with Gasteiger partial charge < -0.3 is 14.5 Å². The summed E-state index contributed by atoms with van der Waals surface area (Å²) in [6, 6.07) is 12.1. The quantitative estimate of drug-likeness (QED) is 0.397. The van der Waals surface area contributed by atoms with Crippen LogP contribution >= 0.6 is 23.1 Å². The first kappa shape index (κ1) is 23.3. The highest BCUT2D eigenvalue weighted by molar-refractivity contribution is 8.00. The topological polar surface area (TPSA) is 106 Å². The largest absolute Gasteiger partial charge is 0.482 e. The number of halogens is 1. The number of para-hydroxylation sites is 1. The maximum absolute atomic E-state index is 13.7. The molecular formula is C24H19FN2O6S2. The maximum Gasteiger partial charge on any atom is 0.344 e. The second kappa shape index (κ2) is 9.31. The molecule has 0 unspecified atom stereocenters. The third kappa shape index (κ3) is 4.14. The minimum Gasteiger partial charge on any atom is -0.482 e. The Morgan fingerprint density at radius 1 is 1.09 bits per heavy atom. The van der Waals surface area contributed by atoms with Crippen LogP contribution in [0.3, 0.4) is 0 Å². The first-order chi connectivity index (χ1) is 16.9. The summed E-state index contributed by atoms with van der Waals surface area (Å²) in [7, 11) is 0. The van der Waals surface area contributed by atoms with E-state index >= 15 is 0 Å². The molecule has 0 radical (unpaired) electrons. The summed E-state index contributed by atoms with van der Waals surface area (Å²) in [5.74, 6) is -3.06. The molecule has 2 aliphatic heterocycles. The van der Waals surface area contributed by atoms with Crippen molar-refractivity contribution in [1.29, 1.82) is 0 Å². The summed E-state index contributed by atoms with van der Waals surface area (Å²) in [5.41, 5.74) is 0.851. The van der Waals surface area contributed by atoms with Crippen LogP contribution in [-0.4, -0.2) is 41.2 Å². The number of thiazole rings is 1. The fourth-order valence-electron chi connectivity index (χ4n) is 4.41. The number of amides is 2. The van der Waals surface area contributed by atoms with Gasteiger partial charge in [0.1, 0.15) is 16.8 Å². The maximum atomic E-state index is 13.7. The van der Waals surface area contributed by atoms with Gasteiger partial charge in [0, 0.05) is 16.4 Å². The van der Waals surface area contributed by atoms with Gasteiger partial charge in [0.25, 0.3) is 0 Å². The van der Waals surface area contributed by atoms with Crippen LogP contribution in [0.2, 0.25) is 0 Å². The Bertz CT molecular complexity index is 1370. The van der Waals surface area contributed by atoms with Crippen molar-refractivity contribution < 1.29 is 28.2 Å². The van der Waals surface area contributed by atoms with Crippen molar-refractivity contribution in [3.63, 3.8) is 0 Å². The van der Waals surface area contributed by atoms with E-state index in [0.29, 0.717) is 21.2 Å². The van der Waals surface area contributed by atoms with Crippen molar-refractivity contribution in [2.75, 3.05) is 18.1 Å². The number of imide groups is 1. The number of thioether (sulfide) groups is 1. The molecule has 5 rings (SSSR count). The van der Waals surface area contributed by atoms with E-state index in [4.69, 9.17) is 9.47 Å². The predicted molar refractivity (Wildman–Crippen MR) is 127 cm³/mol. The number of H-pyrrole nitrogens is 1. The lowest BCUT2D eigenvalue weighted by Crippen LogP contribution is -2.32. The van der Waals surface area contributed by atoms with Crippen molar-refractivity contribution in [3.05, 3.63) is 74.5 Å². The molecule has 2 amide bonds. The Kier molecular flexibility index (Phi) is 6.20. The molecule has 0 bridgehead atoms. The van der Waals surface area contributed by atoms with Crippen LogP contribution in [0.1, 0.15) is 23.3 Å². The molecule has 0 saturated carbocycles. The SMILES string of the molecule is CCOC(=O)COc1ccccc1[C@@H]1c2sc(=O)[nH]c2S[C@H]2C(=O)N(c3ccc(F)cc3)C(=O)[C@@H]12. The molecule has 180 valence electrons. The van der Waals surface area contributed by atoms with Crippen molar-refractivity contribution in [2.45, 2.75) is 23.1 Å². The number of anilines is 1. The Labute approximate surface area is 207 Å². The smallest absolute Gasteiger partial charge is 0.344 e. The number of carbonyl (C=O) groups excluding carboxylic acids is 3. The highest BCUT2D eigenvalue weighted by Gasteiger charge is 2.56. The van der Waals surface area contributed by atoms with Crippen LogP contribution in [0.4, 0.5) is 10.1 Å². The fourth-order valence-corrected chi connectivity index (χ4v) is 6.91. The highest BCUT2D eigenvalue weighted by atomic mass is 32.2. The Hall–Kier alpha value is -3.44. The minimum atomic E-state index is -0.830. The second-order valence-corrected chi connectivity index (χ2v) is 10.0. The van der Waals surface area contributed by atoms with Crippen molar-refractivity contribution in [2.24, 2.45) is 5.92 Å². The number of hydrogen-bond acceptors (Lipinski definition) is 8. The zero-order valence-corrected chi connectivity index (χ0v) is 20.0. The van der Waals surface area contributed by atoms with E-state index in [9.17, 15) is 23.6 Å². The molecule has 8 nitrogen and oxygen atoms in total. The number of nitrogens with zero attached hydrogens (tertiary/aromatic N) is 1. The number of esters is 1. The van der Waals surface area contributed by atoms with Gasteiger partial charge >= 0.3 is 10.8 Å². The van der Waals surface area contributed by atoms with E-state index in [2.05, 4.69) is 4.98 Å². The van der Waals surface area contributed by atoms with Gasteiger partial charge in [0.05, 0.1) is 23.2 Å². The van der Waals surface area contributed by atoms with E-state index in [1.54, 1.807) is 31.2 Å². The number of rotatable bonds is 6. The minimum absolute atomic E-state index is 0.212. The predicted octanol–water partition coefficient (Wildman–Crippen LogP) is 3.31. The third-order valence-corrected chi connectivity index (χ3v) is 8.21. The number of fused-ring (bicyclic) bond motifs is 2. The molecule has 2 aliphatic rings. The first-order valence-corrected chi connectivity index (χ1v) is 12.5. The van der Waals surface area contributed by atoms with Crippen LogP contribution < -0.4 is 14.5 Å². The molecule has 0 spiro atoms. The summed E-state index contributed by atoms with van der Waals surface area (Å²) in [4.78, 5) is 55.4. The van der Waals surface area contributed by atoms with Gasteiger partial charge in [-0.3, -0.25) is 14.4 Å². The summed E-state index contributed by atoms with van der Waals surface area (Å²) in [6.07, 6.45) is 0. The van der Waals surface area contributed by atoms with Gasteiger partial charge in [-0.05, 0) is 37.3 Å². The van der Waals surface area contributed by atoms with Gasteiger partial charge in [-0.25, -0.2) is 14.1 Å². The molecule has 1 N–H and O–H groups in total. The van der Waals surface area contributed by atoms with Crippen LogP contribution in [0.15, 0.2) is 58.4 Å². The van der Waals surface area contributed by atoms with Crippen LogP contribution in [-0.2, 0) is 19.1 Å². The third-order valence-electron chi connectivity index (χ3n) is 5.81. The van der Waals surface area contributed by atoms with Gasteiger partial charge in [0.15, 0.2) is 6.61 Å². The summed E-state index contributed by atoms with van der Waals surface area (Å²) in [6.45, 7) is 1.58. The number of hydrogen-bond donors (Lipinski definition) is 1. The molecule has 1 aromatic heterocycles. The van der Waals surface area contributed by atoms with Crippen molar-refractivity contribution in [1.82, 2.24) is 4.98 Å². The lowest BCUT2D eigenvalue weighted by atomic mass is 9.82. The van der Waals surface area contributed by atoms with Crippen molar-refractivity contribution >= 4 is 46.6 Å². The van der Waals surface area contributed by atoms with Crippen LogP contribution in [0.25, 0.3) is 0 Å². The molecule has 0 aliphatic carbocycles. The lowest BCUT2D eigenvalue weighted by Gasteiger charge is -2.30. The zero-order valence-electron chi connectivity index (χ0n) is 18.4. The van der Waals surface area contributed by atoms with Gasteiger partial charge in [-0.15, -0.1) is 0 Å². The molecule has 1 fully saturated rings. The van der Waals surface area contributed by atoms with Crippen molar-refractivity contribution in [3.8, 4) is 5.75 Å². The monoisotopic (exact) mass is 514 g/mol. The molecule has 3 heterocycles. The van der Waals surface area contributed by atoms with E-state index in [0.717, 1.165) is 28.0 Å². The van der Waals surface area contributed by atoms with Gasteiger partial charge in [0.2, 0.25) is 11.8 Å². The van der Waals surface area contributed by atoms with E-state index < -0.39 is 40.7 Å². The van der Waals surface area contributed by atoms with E-state index in [-0.39, 0.29) is 23.8 Å². The fraction of sp³-hybridized carbons (Fsp3) is 0.250. The zero-order chi connectivity index (χ0) is 24.7. The normalized spacial score (nSPS) is 21.0. The summed E-state index contributed by atoms with van der Waals surface area (Å²) < 4.78 is 24.2. The summed E-state index contributed by atoms with van der Waals surface area (Å²) in [5, 5.41) is -0.276. The van der Waals surface area contributed by atoms with Gasteiger partial charge in [-0.2, -0.15) is 0 Å². The molecule has 11 heteroatoms. The molecule has 1 saturated heterocycles. The molecule has 2 aromatic carbocycles. The van der Waals surface area contributed by atoms with E-state index in [1.807, 2.05) is 0 Å². The number of carbonyl (C=O) groups is 3. The Morgan fingerprint density at radius 2 is 1.83 bits per heavy atom. The average Bonchev–Trinajstić information content (AvgIpc) is 3.33. The average molecular weight is 515 g/mol. The molecule has 3 atom stereocenters. The molecule has 3 aromatic rings. The first-order valence-electron chi connectivity index (χ1n) is 10.8. The number of aromatic nitrogens is 1. The number of benzene rings is 2. The Balaban J connectivity index is 1.58.